The van der Waals surface area contributed by atoms with E-state index in [4.69, 9.17) is 4.74 Å². The van der Waals surface area contributed by atoms with E-state index in [1.165, 1.54) is 11.1 Å². The van der Waals surface area contributed by atoms with Gasteiger partial charge in [0, 0.05) is 13.0 Å². The zero-order chi connectivity index (χ0) is 15.0. The van der Waals surface area contributed by atoms with Gasteiger partial charge in [-0.25, -0.2) is 0 Å². The molecule has 4 heteroatoms. The third-order valence-corrected chi connectivity index (χ3v) is 4.66. The quantitative estimate of drug-likeness (QED) is 0.929. The lowest BCUT2D eigenvalue weighted by Gasteiger charge is -2.37. The summed E-state index contributed by atoms with van der Waals surface area (Å²) in [6, 6.07) is 5.90. The van der Waals surface area contributed by atoms with Gasteiger partial charge in [-0.15, -0.1) is 0 Å². The summed E-state index contributed by atoms with van der Waals surface area (Å²) in [7, 11) is 0. The van der Waals surface area contributed by atoms with Gasteiger partial charge in [0.25, 0.3) is 0 Å². The van der Waals surface area contributed by atoms with Gasteiger partial charge in [-0.2, -0.15) is 0 Å². The molecule has 0 aliphatic carbocycles. The molecule has 0 amide bonds. The molecule has 0 bridgehead atoms. The van der Waals surface area contributed by atoms with E-state index in [1.807, 2.05) is 6.07 Å². The number of carbonyl (C=O) groups is 1. The first-order valence-corrected chi connectivity index (χ1v) is 7.76. The van der Waals surface area contributed by atoms with Crippen LogP contribution in [0.5, 0.6) is 5.75 Å². The van der Waals surface area contributed by atoms with E-state index in [1.54, 1.807) is 0 Å². The normalized spacial score (nSPS) is 29.0. The zero-order valence-electron chi connectivity index (χ0n) is 12.7. The number of fused-ring (bicyclic) bond motifs is 1. The molecule has 114 valence electrons. The topological polar surface area (TPSA) is 49.8 Å². The highest BCUT2D eigenvalue weighted by Crippen LogP contribution is 2.31. The van der Waals surface area contributed by atoms with Crippen LogP contribution >= 0.6 is 0 Å². The molecule has 3 rings (SSSR count). The molecule has 2 heterocycles. The minimum absolute atomic E-state index is 0.0806. The fourth-order valence-electron chi connectivity index (χ4n) is 3.48. The molecular formula is C17H23NO3. The van der Waals surface area contributed by atoms with Gasteiger partial charge < -0.3 is 9.84 Å². The van der Waals surface area contributed by atoms with E-state index in [0.29, 0.717) is 12.5 Å². The highest BCUT2D eigenvalue weighted by Gasteiger charge is 2.34. The summed E-state index contributed by atoms with van der Waals surface area (Å²) in [6.07, 6.45) is 2.78. The van der Waals surface area contributed by atoms with Crippen LogP contribution < -0.4 is 4.74 Å². The maximum atomic E-state index is 11.5. The van der Waals surface area contributed by atoms with Crippen molar-refractivity contribution in [2.45, 2.75) is 45.3 Å². The largest absolute Gasteiger partial charge is 0.488 e. The lowest BCUT2D eigenvalue weighted by Crippen LogP contribution is -2.50. The number of piperidine rings is 1. The van der Waals surface area contributed by atoms with Gasteiger partial charge in [0.15, 0.2) is 0 Å². The number of nitrogens with zero attached hydrogens (tertiary/aromatic N) is 1. The summed E-state index contributed by atoms with van der Waals surface area (Å²) in [6.45, 7) is 5.78. The number of hydrogen-bond donors (Lipinski definition) is 1. The smallest absolute Gasteiger partial charge is 0.320 e. The van der Waals surface area contributed by atoms with Crippen molar-refractivity contribution in [3.05, 3.63) is 29.3 Å². The Kier molecular flexibility index (Phi) is 3.89. The Balaban J connectivity index is 1.66. The number of benzene rings is 1. The highest BCUT2D eigenvalue weighted by molar-refractivity contribution is 5.73. The number of aliphatic carboxylic acids is 1. The first-order valence-electron chi connectivity index (χ1n) is 7.76. The summed E-state index contributed by atoms with van der Waals surface area (Å²) in [5, 5.41) is 9.43. The van der Waals surface area contributed by atoms with Gasteiger partial charge in [-0.1, -0.05) is 24.6 Å². The van der Waals surface area contributed by atoms with Crippen LogP contribution in [0.1, 0.15) is 30.9 Å². The Morgan fingerprint density at radius 3 is 3.05 bits per heavy atom. The molecule has 2 aliphatic heterocycles. The first-order chi connectivity index (χ1) is 10.0. The SMILES string of the molecule is Cc1ccc2c(c1)CC(CN1CCC(C)CC1C(=O)O)O2. The Morgan fingerprint density at radius 1 is 1.48 bits per heavy atom. The summed E-state index contributed by atoms with van der Waals surface area (Å²) in [4.78, 5) is 13.6. The second-order valence-corrected chi connectivity index (χ2v) is 6.53. The van der Waals surface area contributed by atoms with Gasteiger partial charge in [0.05, 0.1) is 0 Å². The molecule has 1 fully saturated rings. The van der Waals surface area contributed by atoms with Crippen molar-refractivity contribution in [3.8, 4) is 5.75 Å². The second kappa shape index (κ2) is 5.68. The molecule has 1 aromatic rings. The van der Waals surface area contributed by atoms with Gasteiger partial charge in [0.2, 0.25) is 0 Å². The molecule has 1 saturated heterocycles. The molecule has 21 heavy (non-hydrogen) atoms. The number of ether oxygens (including phenoxy) is 1. The Morgan fingerprint density at radius 2 is 2.29 bits per heavy atom. The summed E-state index contributed by atoms with van der Waals surface area (Å²) in [5.74, 6) is 0.752. The fourth-order valence-corrected chi connectivity index (χ4v) is 3.48. The molecule has 2 aliphatic rings. The number of carboxylic acids is 1. The van der Waals surface area contributed by atoms with Crippen LogP contribution in [0.15, 0.2) is 18.2 Å². The van der Waals surface area contributed by atoms with E-state index >= 15 is 0 Å². The molecule has 0 aromatic heterocycles. The average Bonchev–Trinajstić information content (AvgIpc) is 2.82. The van der Waals surface area contributed by atoms with Crippen LogP contribution in [0.3, 0.4) is 0 Å². The average molecular weight is 289 g/mol. The van der Waals surface area contributed by atoms with Crippen molar-refractivity contribution in [2.75, 3.05) is 13.1 Å². The molecule has 1 N–H and O–H groups in total. The van der Waals surface area contributed by atoms with Crippen molar-refractivity contribution in [2.24, 2.45) is 5.92 Å². The maximum Gasteiger partial charge on any atom is 0.320 e. The van der Waals surface area contributed by atoms with Crippen LogP contribution in [0, 0.1) is 12.8 Å². The molecule has 3 atom stereocenters. The van der Waals surface area contributed by atoms with Crippen LogP contribution in [0.25, 0.3) is 0 Å². The standard InChI is InChI=1S/C17H23NO3/c1-11-3-4-16-13(7-11)9-14(21-16)10-18-6-5-12(2)8-15(18)17(19)20/h3-4,7,12,14-15H,5-6,8-10H2,1-2H3,(H,19,20). The summed E-state index contributed by atoms with van der Waals surface area (Å²) < 4.78 is 5.98. The molecule has 0 saturated carbocycles. The van der Waals surface area contributed by atoms with Gasteiger partial charge in [0.1, 0.15) is 17.9 Å². The molecule has 1 aromatic carbocycles. The molecule has 0 spiro atoms. The Bertz CT molecular complexity index is 543. The van der Waals surface area contributed by atoms with Crippen molar-refractivity contribution in [1.82, 2.24) is 4.90 Å². The first kappa shape index (κ1) is 14.4. The van der Waals surface area contributed by atoms with Crippen molar-refractivity contribution in [3.63, 3.8) is 0 Å². The number of likely N-dealkylation sites (tertiary alicyclic amines) is 1. The highest BCUT2D eigenvalue weighted by atomic mass is 16.5. The molecular weight excluding hydrogens is 266 g/mol. The van der Waals surface area contributed by atoms with Crippen molar-refractivity contribution in [1.29, 1.82) is 0 Å². The van der Waals surface area contributed by atoms with Crippen LogP contribution in [-0.4, -0.2) is 41.2 Å². The van der Waals surface area contributed by atoms with Crippen molar-refractivity contribution < 1.29 is 14.6 Å². The Labute approximate surface area is 125 Å². The predicted octanol–water partition coefficient (Wildman–Crippen LogP) is 2.48. The number of carboxylic acid groups (broad SMARTS) is 1. The molecule has 3 unspecified atom stereocenters. The van der Waals surface area contributed by atoms with E-state index in [0.717, 1.165) is 31.6 Å². The zero-order valence-corrected chi connectivity index (χ0v) is 12.7. The van der Waals surface area contributed by atoms with Gasteiger partial charge in [-0.3, -0.25) is 9.69 Å². The van der Waals surface area contributed by atoms with E-state index in [-0.39, 0.29) is 12.1 Å². The van der Waals surface area contributed by atoms with Crippen LogP contribution in [0.2, 0.25) is 0 Å². The number of hydrogen-bond acceptors (Lipinski definition) is 3. The third kappa shape index (κ3) is 3.05. The molecule has 0 radical (unpaired) electrons. The van der Waals surface area contributed by atoms with E-state index in [2.05, 4.69) is 30.9 Å². The molecule has 4 nitrogen and oxygen atoms in total. The second-order valence-electron chi connectivity index (χ2n) is 6.53. The van der Waals surface area contributed by atoms with Crippen LogP contribution in [0.4, 0.5) is 0 Å². The monoisotopic (exact) mass is 289 g/mol. The summed E-state index contributed by atoms with van der Waals surface area (Å²) >= 11 is 0. The van der Waals surface area contributed by atoms with Gasteiger partial charge >= 0.3 is 5.97 Å². The lowest BCUT2D eigenvalue weighted by molar-refractivity contribution is -0.145. The number of rotatable bonds is 3. The van der Waals surface area contributed by atoms with E-state index < -0.39 is 5.97 Å². The minimum Gasteiger partial charge on any atom is -0.488 e. The predicted molar refractivity (Wildman–Crippen MR) is 80.7 cm³/mol. The van der Waals surface area contributed by atoms with E-state index in [9.17, 15) is 9.90 Å². The van der Waals surface area contributed by atoms with Gasteiger partial charge in [-0.05, 0) is 43.9 Å². The number of aryl methyl sites for hydroxylation is 1. The summed E-state index contributed by atoms with van der Waals surface area (Å²) in [5.41, 5.74) is 2.49. The van der Waals surface area contributed by atoms with Crippen LogP contribution in [-0.2, 0) is 11.2 Å². The third-order valence-electron chi connectivity index (χ3n) is 4.66. The van der Waals surface area contributed by atoms with Crippen molar-refractivity contribution >= 4 is 5.97 Å². The fraction of sp³-hybridized carbons (Fsp3) is 0.588. The maximum absolute atomic E-state index is 11.5. The lowest BCUT2D eigenvalue weighted by atomic mass is 9.92. The Hall–Kier alpha value is -1.55. The minimum atomic E-state index is -0.701.